The first-order valence-electron chi connectivity index (χ1n) is 10.6. The lowest BCUT2D eigenvalue weighted by Gasteiger charge is -2.34. The van der Waals surface area contributed by atoms with Crippen molar-refractivity contribution in [2.75, 3.05) is 51.1 Å². The minimum Gasteiger partial charge on any atom is -0.368 e. The third-order valence-corrected chi connectivity index (χ3v) is 5.74. The van der Waals surface area contributed by atoms with Crippen molar-refractivity contribution in [1.29, 1.82) is 0 Å². The molecule has 1 N–H and O–H groups in total. The summed E-state index contributed by atoms with van der Waals surface area (Å²) in [7, 11) is 0. The molecule has 9 heteroatoms. The van der Waals surface area contributed by atoms with Crippen LogP contribution in [0, 0.1) is 0 Å². The molecule has 3 aromatic rings. The van der Waals surface area contributed by atoms with E-state index in [1.165, 1.54) is 6.07 Å². The highest BCUT2D eigenvalue weighted by atomic mass is 35.5. The van der Waals surface area contributed by atoms with Crippen LogP contribution in [0.4, 0.5) is 19.0 Å². The number of hydrogen-bond donors (Lipinski definition) is 1. The van der Waals surface area contributed by atoms with E-state index in [9.17, 15) is 13.2 Å². The van der Waals surface area contributed by atoms with E-state index in [-0.39, 0.29) is 12.4 Å². The van der Waals surface area contributed by atoms with Gasteiger partial charge in [0.15, 0.2) is 0 Å². The number of benzene rings is 1. The zero-order valence-corrected chi connectivity index (χ0v) is 18.7. The number of piperazine rings is 1. The molecular weight excluding hydrogens is 439 g/mol. The molecule has 1 aliphatic heterocycles. The summed E-state index contributed by atoms with van der Waals surface area (Å²) in [5, 5.41) is 3.90. The van der Waals surface area contributed by atoms with Crippen LogP contribution in [0.25, 0.3) is 22.0 Å². The maximum absolute atomic E-state index is 13.3. The number of nitrogens with zero attached hydrogens (tertiary/aromatic N) is 4. The predicted octanol–water partition coefficient (Wildman–Crippen LogP) is 4.79. The second-order valence-electron chi connectivity index (χ2n) is 7.68. The lowest BCUT2D eigenvalue weighted by Crippen LogP contribution is -2.47. The first-order valence-corrected chi connectivity index (χ1v) is 10.6. The summed E-state index contributed by atoms with van der Waals surface area (Å²) in [5.74, 6) is 0.558. The monoisotopic (exact) mass is 465 g/mol. The van der Waals surface area contributed by atoms with Gasteiger partial charge in [-0.1, -0.05) is 37.3 Å². The molecule has 1 aromatic carbocycles. The summed E-state index contributed by atoms with van der Waals surface area (Å²) < 4.78 is 39.9. The van der Waals surface area contributed by atoms with Gasteiger partial charge in [0.1, 0.15) is 11.5 Å². The Morgan fingerprint density at radius 3 is 2.31 bits per heavy atom. The van der Waals surface area contributed by atoms with Gasteiger partial charge >= 0.3 is 6.18 Å². The summed E-state index contributed by atoms with van der Waals surface area (Å²) in [6.07, 6.45) is -2.90. The third kappa shape index (κ3) is 5.49. The Hall–Kier alpha value is -2.42. The highest BCUT2D eigenvalue weighted by Gasteiger charge is 2.33. The highest BCUT2D eigenvalue weighted by molar-refractivity contribution is 5.99. The van der Waals surface area contributed by atoms with Crippen LogP contribution in [0.2, 0.25) is 0 Å². The van der Waals surface area contributed by atoms with Crippen LogP contribution in [0.3, 0.4) is 0 Å². The van der Waals surface area contributed by atoms with Crippen LogP contribution in [0.5, 0.6) is 0 Å². The Balaban J connectivity index is 0.00000289. The average molecular weight is 466 g/mol. The van der Waals surface area contributed by atoms with Gasteiger partial charge in [-0.25, -0.2) is 9.97 Å². The van der Waals surface area contributed by atoms with Gasteiger partial charge in [0, 0.05) is 56.4 Å². The number of hydrogen-bond acceptors (Lipinski definition) is 5. The lowest BCUT2D eigenvalue weighted by atomic mass is 10.0. The number of likely N-dealkylation sites (N-methyl/N-ethyl adjacent to an activating group) is 1. The molecule has 1 saturated heterocycles. The molecule has 32 heavy (non-hydrogen) atoms. The van der Waals surface area contributed by atoms with E-state index in [0.29, 0.717) is 28.8 Å². The van der Waals surface area contributed by atoms with Crippen molar-refractivity contribution in [3.8, 4) is 11.1 Å². The van der Waals surface area contributed by atoms with Crippen LogP contribution in [-0.4, -0.2) is 65.6 Å². The van der Waals surface area contributed by atoms with Crippen LogP contribution in [-0.2, 0) is 6.18 Å². The van der Waals surface area contributed by atoms with Gasteiger partial charge in [-0.3, -0.25) is 4.90 Å². The molecule has 0 bridgehead atoms. The fourth-order valence-corrected chi connectivity index (χ4v) is 3.90. The standard InChI is InChI=1S/C23H26F3N5.ClH/c1-2-30-12-14-31(15-13-30)11-10-27-22-18-8-9-20(23(24,25)26)29-21(18)19(16-28-22)17-6-4-3-5-7-17;/h3-9,16H,2,10-15H2,1H3,(H,27,28);1H. The topological polar surface area (TPSA) is 44.3 Å². The number of alkyl halides is 3. The zero-order valence-electron chi connectivity index (χ0n) is 17.9. The van der Waals surface area contributed by atoms with E-state index >= 15 is 0 Å². The normalized spacial score (nSPS) is 15.5. The van der Waals surface area contributed by atoms with E-state index in [2.05, 4.69) is 32.0 Å². The van der Waals surface area contributed by atoms with E-state index in [1.807, 2.05) is 30.3 Å². The molecule has 0 spiro atoms. The Bertz CT molecular complexity index is 1020. The first kappa shape index (κ1) is 24.2. The summed E-state index contributed by atoms with van der Waals surface area (Å²) in [6.45, 7) is 8.94. The van der Waals surface area contributed by atoms with Crippen molar-refractivity contribution in [2.45, 2.75) is 13.1 Å². The van der Waals surface area contributed by atoms with Crippen molar-refractivity contribution < 1.29 is 13.2 Å². The predicted molar refractivity (Wildman–Crippen MR) is 124 cm³/mol. The maximum Gasteiger partial charge on any atom is 0.433 e. The van der Waals surface area contributed by atoms with E-state index < -0.39 is 11.9 Å². The molecule has 4 rings (SSSR count). The third-order valence-electron chi connectivity index (χ3n) is 5.74. The smallest absolute Gasteiger partial charge is 0.368 e. The minimum atomic E-state index is -4.50. The summed E-state index contributed by atoms with van der Waals surface area (Å²) in [4.78, 5) is 13.3. The second-order valence-corrected chi connectivity index (χ2v) is 7.68. The van der Waals surface area contributed by atoms with Gasteiger partial charge in [-0.2, -0.15) is 13.2 Å². The second kappa shape index (κ2) is 10.5. The van der Waals surface area contributed by atoms with Gasteiger partial charge in [0.2, 0.25) is 0 Å². The van der Waals surface area contributed by atoms with Gasteiger partial charge in [0.25, 0.3) is 0 Å². The summed E-state index contributed by atoms with van der Waals surface area (Å²) in [5.41, 5.74) is 0.772. The molecule has 172 valence electrons. The number of aromatic nitrogens is 2. The Morgan fingerprint density at radius 2 is 1.66 bits per heavy atom. The van der Waals surface area contributed by atoms with Crippen molar-refractivity contribution in [2.24, 2.45) is 0 Å². The molecule has 3 heterocycles. The Kier molecular flexibility index (Phi) is 7.92. The van der Waals surface area contributed by atoms with Crippen LogP contribution in [0.15, 0.2) is 48.7 Å². The average Bonchev–Trinajstić information content (AvgIpc) is 2.79. The number of rotatable bonds is 6. The molecule has 1 fully saturated rings. The molecule has 0 radical (unpaired) electrons. The Morgan fingerprint density at radius 1 is 0.969 bits per heavy atom. The number of anilines is 1. The fraction of sp³-hybridized carbons (Fsp3) is 0.391. The van der Waals surface area contributed by atoms with Crippen molar-refractivity contribution in [3.05, 3.63) is 54.4 Å². The summed E-state index contributed by atoms with van der Waals surface area (Å²) in [6, 6.07) is 11.7. The summed E-state index contributed by atoms with van der Waals surface area (Å²) >= 11 is 0. The minimum absolute atomic E-state index is 0. The van der Waals surface area contributed by atoms with Crippen LogP contribution >= 0.6 is 12.4 Å². The largest absolute Gasteiger partial charge is 0.433 e. The molecule has 0 atom stereocenters. The quantitative estimate of drug-likeness (QED) is 0.567. The molecule has 1 aliphatic rings. The van der Waals surface area contributed by atoms with E-state index in [0.717, 1.165) is 50.9 Å². The zero-order chi connectivity index (χ0) is 21.8. The molecule has 0 saturated carbocycles. The molecule has 2 aromatic heterocycles. The van der Waals surface area contributed by atoms with E-state index in [4.69, 9.17) is 0 Å². The number of nitrogens with one attached hydrogen (secondary N) is 1. The van der Waals surface area contributed by atoms with Crippen molar-refractivity contribution in [1.82, 2.24) is 19.8 Å². The molecule has 0 aliphatic carbocycles. The fourth-order valence-electron chi connectivity index (χ4n) is 3.90. The number of pyridine rings is 2. The van der Waals surface area contributed by atoms with Gasteiger partial charge in [-0.15, -0.1) is 12.4 Å². The van der Waals surface area contributed by atoms with Crippen molar-refractivity contribution in [3.63, 3.8) is 0 Å². The maximum atomic E-state index is 13.3. The van der Waals surface area contributed by atoms with Gasteiger partial charge < -0.3 is 10.2 Å². The number of halogens is 4. The highest BCUT2D eigenvalue weighted by Crippen LogP contribution is 2.34. The number of fused-ring (bicyclic) bond motifs is 1. The van der Waals surface area contributed by atoms with Crippen LogP contribution in [0.1, 0.15) is 12.6 Å². The molecule has 5 nitrogen and oxygen atoms in total. The lowest BCUT2D eigenvalue weighted by molar-refractivity contribution is -0.140. The SMILES string of the molecule is CCN1CCN(CCNc2ncc(-c3ccccc3)c3nc(C(F)(F)F)ccc23)CC1.Cl. The van der Waals surface area contributed by atoms with Crippen molar-refractivity contribution >= 4 is 29.1 Å². The molecular formula is C23H27ClF3N5. The molecule has 0 unspecified atom stereocenters. The van der Waals surface area contributed by atoms with E-state index in [1.54, 1.807) is 6.20 Å². The van der Waals surface area contributed by atoms with Crippen LogP contribution < -0.4 is 5.32 Å². The first-order chi connectivity index (χ1) is 15.0. The molecule has 0 amide bonds. The Labute approximate surface area is 192 Å². The van der Waals surface area contributed by atoms with Gasteiger partial charge in [0.05, 0.1) is 5.52 Å². The van der Waals surface area contributed by atoms with Gasteiger partial charge in [-0.05, 0) is 24.2 Å².